The van der Waals surface area contributed by atoms with Gasteiger partial charge in [0.25, 0.3) is 5.91 Å². The summed E-state index contributed by atoms with van der Waals surface area (Å²) >= 11 is 6.08. The normalized spacial score (nSPS) is 14.3. The highest BCUT2D eigenvalue weighted by Crippen LogP contribution is 2.31. The van der Waals surface area contributed by atoms with Crippen LogP contribution in [0.5, 0.6) is 5.75 Å². The molecule has 0 bridgehead atoms. The molecule has 2 aromatic heterocycles. The van der Waals surface area contributed by atoms with Gasteiger partial charge in [-0.05, 0) is 37.3 Å². The van der Waals surface area contributed by atoms with Gasteiger partial charge in [-0.25, -0.2) is 15.0 Å². The number of hydrogen-bond donors (Lipinski definition) is 2. The molecule has 2 N–H and O–H groups in total. The SMILES string of the molecule is COc1cc2c(N[C@@H](C)c3nc4ccc(Cl)cc4[nH]3)ncnc2cc1C(=O)N1CC=CC1. The largest absolute Gasteiger partial charge is 0.496 e. The predicted octanol–water partition coefficient (Wildman–Crippen LogP) is 4.35. The lowest BCUT2D eigenvalue weighted by molar-refractivity contribution is 0.0797. The minimum absolute atomic E-state index is 0.0869. The van der Waals surface area contributed by atoms with Gasteiger partial charge in [-0.1, -0.05) is 23.8 Å². The third-order valence-corrected chi connectivity index (χ3v) is 5.75. The Morgan fingerprint density at radius 2 is 2.00 bits per heavy atom. The average Bonchev–Trinajstić information content (AvgIpc) is 3.48. The minimum atomic E-state index is -0.165. The van der Waals surface area contributed by atoms with Crippen molar-refractivity contribution in [1.82, 2.24) is 24.8 Å². The molecule has 0 saturated heterocycles. The van der Waals surface area contributed by atoms with Crippen molar-refractivity contribution >= 4 is 45.3 Å². The summed E-state index contributed by atoms with van der Waals surface area (Å²) in [6, 6.07) is 8.94. The smallest absolute Gasteiger partial charge is 0.258 e. The van der Waals surface area contributed by atoms with Gasteiger partial charge in [0.1, 0.15) is 23.7 Å². The van der Waals surface area contributed by atoms with Crippen molar-refractivity contribution in [3.63, 3.8) is 0 Å². The van der Waals surface area contributed by atoms with Crippen LogP contribution in [-0.2, 0) is 0 Å². The molecule has 0 spiro atoms. The Morgan fingerprint density at radius 3 is 2.78 bits per heavy atom. The highest BCUT2D eigenvalue weighted by molar-refractivity contribution is 6.31. The molecule has 5 rings (SSSR count). The van der Waals surface area contributed by atoms with Crippen LogP contribution in [0.1, 0.15) is 29.1 Å². The number of aromatic nitrogens is 4. The van der Waals surface area contributed by atoms with Crippen molar-refractivity contribution in [3.05, 3.63) is 65.2 Å². The zero-order chi connectivity index (χ0) is 22.2. The molecule has 0 fully saturated rings. The number of nitrogens with zero attached hydrogens (tertiary/aromatic N) is 4. The van der Waals surface area contributed by atoms with Crippen LogP contribution in [0.2, 0.25) is 5.02 Å². The average molecular weight is 449 g/mol. The number of amides is 1. The van der Waals surface area contributed by atoms with Gasteiger partial charge in [0.2, 0.25) is 0 Å². The van der Waals surface area contributed by atoms with E-state index in [9.17, 15) is 4.79 Å². The number of halogens is 1. The van der Waals surface area contributed by atoms with E-state index in [-0.39, 0.29) is 11.9 Å². The molecule has 0 aliphatic carbocycles. The van der Waals surface area contributed by atoms with Crippen LogP contribution in [0.25, 0.3) is 21.9 Å². The Balaban J connectivity index is 1.48. The molecule has 0 saturated carbocycles. The van der Waals surface area contributed by atoms with Crippen molar-refractivity contribution in [2.24, 2.45) is 0 Å². The van der Waals surface area contributed by atoms with E-state index in [1.165, 1.54) is 6.33 Å². The zero-order valence-electron chi connectivity index (χ0n) is 17.6. The van der Waals surface area contributed by atoms with E-state index >= 15 is 0 Å². The fourth-order valence-corrected chi connectivity index (χ4v) is 4.00. The molecular weight excluding hydrogens is 428 g/mol. The molecule has 32 heavy (non-hydrogen) atoms. The van der Waals surface area contributed by atoms with Crippen LogP contribution in [0.3, 0.4) is 0 Å². The quantitative estimate of drug-likeness (QED) is 0.440. The second-order valence-corrected chi connectivity index (χ2v) is 8.06. The number of carbonyl (C=O) groups excluding carboxylic acids is 1. The van der Waals surface area contributed by atoms with Gasteiger partial charge in [0.15, 0.2) is 0 Å². The molecule has 4 aromatic rings. The maximum Gasteiger partial charge on any atom is 0.258 e. The van der Waals surface area contributed by atoms with Crippen LogP contribution in [0.4, 0.5) is 5.82 Å². The van der Waals surface area contributed by atoms with Gasteiger partial charge < -0.3 is 19.9 Å². The number of H-pyrrole nitrogens is 1. The number of nitrogens with one attached hydrogen (secondary N) is 2. The molecule has 1 amide bonds. The highest BCUT2D eigenvalue weighted by atomic mass is 35.5. The van der Waals surface area contributed by atoms with E-state index in [2.05, 4.69) is 25.3 Å². The number of fused-ring (bicyclic) bond motifs is 2. The highest BCUT2D eigenvalue weighted by Gasteiger charge is 2.22. The van der Waals surface area contributed by atoms with Crippen LogP contribution in [0, 0.1) is 0 Å². The van der Waals surface area contributed by atoms with E-state index in [4.69, 9.17) is 16.3 Å². The first kappa shape index (κ1) is 20.3. The van der Waals surface area contributed by atoms with Crippen molar-refractivity contribution in [1.29, 1.82) is 0 Å². The molecule has 1 aliphatic rings. The van der Waals surface area contributed by atoms with E-state index in [0.717, 1.165) is 22.2 Å². The van der Waals surface area contributed by atoms with Crippen molar-refractivity contribution in [2.75, 3.05) is 25.5 Å². The standard InChI is InChI=1S/C23H21ClN6O2/c1-13(21-28-17-6-5-14(24)9-19(17)29-21)27-22-15-11-20(32-2)16(10-18(15)25-12-26-22)23(31)30-7-3-4-8-30/h3-6,9-13H,7-8H2,1-2H3,(H,28,29)(H,25,26,27)/t13-/m0/s1. The third-order valence-electron chi connectivity index (χ3n) is 5.52. The summed E-state index contributed by atoms with van der Waals surface area (Å²) in [6.07, 6.45) is 5.43. The Bertz CT molecular complexity index is 1360. The van der Waals surface area contributed by atoms with E-state index in [0.29, 0.717) is 40.8 Å². The summed E-state index contributed by atoms with van der Waals surface area (Å²) in [6.45, 7) is 3.18. The number of hydrogen-bond acceptors (Lipinski definition) is 6. The summed E-state index contributed by atoms with van der Waals surface area (Å²) in [4.78, 5) is 31.4. The van der Waals surface area contributed by atoms with Gasteiger partial charge in [-0.3, -0.25) is 4.79 Å². The van der Waals surface area contributed by atoms with Crippen molar-refractivity contribution < 1.29 is 9.53 Å². The van der Waals surface area contributed by atoms with Crippen molar-refractivity contribution in [3.8, 4) is 5.75 Å². The van der Waals surface area contributed by atoms with Crippen LogP contribution < -0.4 is 10.1 Å². The Labute approximate surface area is 189 Å². The monoisotopic (exact) mass is 448 g/mol. The maximum absolute atomic E-state index is 13.0. The van der Waals surface area contributed by atoms with Gasteiger partial charge in [0.05, 0.1) is 35.3 Å². The lowest BCUT2D eigenvalue weighted by Crippen LogP contribution is -2.28. The van der Waals surface area contributed by atoms with Gasteiger partial charge in [-0.15, -0.1) is 0 Å². The number of aromatic amines is 1. The summed E-state index contributed by atoms with van der Waals surface area (Å²) < 4.78 is 5.55. The first-order valence-electron chi connectivity index (χ1n) is 10.2. The van der Waals surface area contributed by atoms with Crippen LogP contribution in [-0.4, -0.2) is 50.9 Å². The number of benzene rings is 2. The lowest BCUT2D eigenvalue weighted by atomic mass is 10.1. The molecule has 162 valence electrons. The Kier molecular flexibility index (Phi) is 5.14. The Hall–Kier alpha value is -3.65. The second kappa shape index (κ2) is 8.12. The van der Waals surface area contributed by atoms with E-state index in [1.807, 2.05) is 37.3 Å². The minimum Gasteiger partial charge on any atom is -0.496 e. The maximum atomic E-state index is 13.0. The zero-order valence-corrected chi connectivity index (χ0v) is 18.3. The molecule has 3 heterocycles. The number of methoxy groups -OCH3 is 1. The first-order valence-corrected chi connectivity index (χ1v) is 10.6. The molecule has 1 aliphatic heterocycles. The third kappa shape index (κ3) is 3.62. The molecule has 9 heteroatoms. The summed E-state index contributed by atoms with van der Waals surface area (Å²) in [5, 5.41) is 4.80. The molecule has 0 radical (unpaired) electrons. The lowest BCUT2D eigenvalue weighted by Gasteiger charge is -2.19. The molecule has 1 atom stereocenters. The molecular formula is C23H21ClN6O2. The summed E-state index contributed by atoms with van der Waals surface area (Å²) in [7, 11) is 1.55. The number of imidazole rings is 1. The number of ether oxygens (including phenoxy) is 1. The van der Waals surface area contributed by atoms with Crippen LogP contribution >= 0.6 is 11.6 Å². The first-order chi connectivity index (χ1) is 15.5. The number of anilines is 1. The van der Waals surface area contributed by atoms with E-state index < -0.39 is 0 Å². The second-order valence-electron chi connectivity index (χ2n) is 7.62. The van der Waals surface area contributed by atoms with Gasteiger partial charge in [0, 0.05) is 23.5 Å². The molecule has 2 aromatic carbocycles. The number of rotatable bonds is 5. The van der Waals surface area contributed by atoms with Gasteiger partial charge >= 0.3 is 0 Å². The fraction of sp³-hybridized carbons (Fsp3) is 0.217. The molecule has 0 unspecified atom stereocenters. The number of carbonyl (C=O) groups is 1. The summed E-state index contributed by atoms with van der Waals surface area (Å²) in [5.74, 6) is 1.78. The fourth-order valence-electron chi connectivity index (χ4n) is 3.83. The van der Waals surface area contributed by atoms with E-state index in [1.54, 1.807) is 24.1 Å². The van der Waals surface area contributed by atoms with Gasteiger partial charge in [-0.2, -0.15) is 0 Å². The predicted molar refractivity (Wildman–Crippen MR) is 124 cm³/mol. The van der Waals surface area contributed by atoms with Crippen molar-refractivity contribution in [2.45, 2.75) is 13.0 Å². The molecule has 8 nitrogen and oxygen atoms in total. The Morgan fingerprint density at radius 1 is 1.19 bits per heavy atom. The summed E-state index contributed by atoms with van der Waals surface area (Å²) in [5.41, 5.74) is 2.85. The van der Waals surface area contributed by atoms with Crippen LogP contribution in [0.15, 0.2) is 48.8 Å². The topological polar surface area (TPSA) is 96.0 Å².